The lowest BCUT2D eigenvalue weighted by Gasteiger charge is -2.17. The van der Waals surface area contributed by atoms with E-state index in [1.165, 1.54) is 3.93 Å². The van der Waals surface area contributed by atoms with Crippen molar-refractivity contribution in [3.05, 3.63) is 0 Å². The topological polar surface area (TPSA) is 87.5 Å². The number of fused-ring (bicyclic) bond motifs is 1. The Morgan fingerprint density at radius 3 is 3.00 bits per heavy atom. The first kappa shape index (κ1) is 15.9. The molecule has 114 valence electrons. The third-order valence-electron chi connectivity index (χ3n) is 3.66. The lowest BCUT2D eigenvalue weighted by atomic mass is 10.0. The summed E-state index contributed by atoms with van der Waals surface area (Å²) in [6.07, 6.45) is 3.47. The Bertz CT molecular complexity index is 371. The maximum Gasteiger partial charge on any atom is 0.315 e. The Hall–Kier alpha value is -0.470. The Morgan fingerprint density at radius 1 is 1.45 bits per heavy atom. The van der Waals surface area contributed by atoms with Gasteiger partial charge in [0.05, 0.1) is 28.2 Å². The van der Waals surface area contributed by atoms with Crippen LogP contribution in [0.25, 0.3) is 0 Å². The van der Waals surface area contributed by atoms with Crippen LogP contribution in [-0.4, -0.2) is 52.0 Å². The van der Waals surface area contributed by atoms with Crippen LogP contribution in [0.3, 0.4) is 0 Å². The minimum absolute atomic E-state index is 0.0443. The highest BCUT2D eigenvalue weighted by Gasteiger charge is 2.42. The molecule has 0 aromatic carbocycles. The number of rotatable bonds is 7. The lowest BCUT2D eigenvalue weighted by molar-refractivity contribution is -0.125. The summed E-state index contributed by atoms with van der Waals surface area (Å²) in [4.78, 5) is 23.0. The maximum atomic E-state index is 11.7. The van der Waals surface area contributed by atoms with E-state index in [2.05, 4.69) is 26.8 Å². The van der Waals surface area contributed by atoms with Crippen molar-refractivity contribution in [3.8, 4) is 0 Å². The van der Waals surface area contributed by atoms with Gasteiger partial charge in [-0.15, -0.1) is 0 Å². The highest BCUT2D eigenvalue weighted by atomic mass is 79.9. The van der Waals surface area contributed by atoms with Crippen molar-refractivity contribution < 1.29 is 9.59 Å². The first-order valence-corrected chi connectivity index (χ1v) is 8.72. The summed E-state index contributed by atoms with van der Waals surface area (Å²) in [7, 11) is 0. The molecule has 0 saturated carbocycles. The number of urea groups is 1. The molecular formula is C12H21BrN4O2S. The predicted octanol–water partition coefficient (Wildman–Crippen LogP) is 0.809. The number of hydrogen-bond donors (Lipinski definition) is 3. The van der Waals surface area contributed by atoms with E-state index >= 15 is 0 Å². The van der Waals surface area contributed by atoms with Gasteiger partial charge in [0.25, 0.3) is 0 Å². The molecule has 3 atom stereocenters. The van der Waals surface area contributed by atoms with Crippen LogP contribution in [0.1, 0.15) is 25.7 Å². The van der Waals surface area contributed by atoms with E-state index in [-0.39, 0.29) is 24.0 Å². The largest absolute Gasteiger partial charge is 0.332 e. The van der Waals surface area contributed by atoms with Crippen LogP contribution < -0.4 is 16.4 Å². The van der Waals surface area contributed by atoms with Gasteiger partial charge in [-0.05, 0) is 12.8 Å². The molecule has 0 aliphatic carbocycles. The van der Waals surface area contributed by atoms with Gasteiger partial charge < -0.3 is 16.4 Å². The average Bonchev–Trinajstić information content (AvgIpc) is 2.94. The van der Waals surface area contributed by atoms with Crippen molar-refractivity contribution in [2.24, 2.45) is 5.73 Å². The van der Waals surface area contributed by atoms with Gasteiger partial charge in [-0.2, -0.15) is 11.8 Å². The lowest BCUT2D eigenvalue weighted by Crippen LogP contribution is -2.36. The SMILES string of the molecule is NCCN(Br)C(=O)CCCC[C@@H]1SC[C@@H]2NC(=O)N[C@@H]21. The third-order valence-corrected chi connectivity index (χ3v) is 5.92. The number of thioether (sulfide) groups is 1. The summed E-state index contributed by atoms with van der Waals surface area (Å²) in [5.74, 6) is 1.07. The van der Waals surface area contributed by atoms with Crippen LogP contribution in [0.5, 0.6) is 0 Å². The van der Waals surface area contributed by atoms with E-state index in [1.54, 1.807) is 0 Å². The van der Waals surface area contributed by atoms with Gasteiger partial charge in [-0.25, -0.2) is 4.79 Å². The summed E-state index contributed by atoms with van der Waals surface area (Å²) < 4.78 is 1.51. The first-order chi connectivity index (χ1) is 9.61. The van der Waals surface area contributed by atoms with Gasteiger partial charge in [0.2, 0.25) is 5.91 Å². The van der Waals surface area contributed by atoms with Crippen LogP contribution >= 0.6 is 27.9 Å². The highest BCUT2D eigenvalue weighted by Crippen LogP contribution is 2.33. The van der Waals surface area contributed by atoms with E-state index in [1.807, 2.05) is 11.8 Å². The molecule has 2 aliphatic rings. The highest BCUT2D eigenvalue weighted by molar-refractivity contribution is 9.07. The number of nitrogens with one attached hydrogen (secondary N) is 2. The zero-order valence-electron chi connectivity index (χ0n) is 11.3. The minimum Gasteiger partial charge on any atom is -0.332 e. The van der Waals surface area contributed by atoms with Crippen LogP contribution in [-0.2, 0) is 4.79 Å². The first-order valence-electron chi connectivity index (χ1n) is 6.96. The van der Waals surface area contributed by atoms with E-state index in [9.17, 15) is 9.59 Å². The number of carbonyl (C=O) groups excluding carboxylic acids is 2. The molecule has 4 N–H and O–H groups in total. The molecule has 0 bridgehead atoms. The molecule has 3 amide bonds. The zero-order valence-corrected chi connectivity index (χ0v) is 13.7. The summed E-state index contributed by atoms with van der Waals surface area (Å²) in [5.41, 5.74) is 5.40. The van der Waals surface area contributed by atoms with Crippen molar-refractivity contribution in [3.63, 3.8) is 0 Å². The molecule has 2 fully saturated rings. The van der Waals surface area contributed by atoms with Crippen LogP contribution in [0.4, 0.5) is 4.79 Å². The smallest absolute Gasteiger partial charge is 0.315 e. The summed E-state index contributed by atoms with van der Waals surface area (Å²) >= 11 is 5.12. The average molecular weight is 365 g/mol. The van der Waals surface area contributed by atoms with Crippen molar-refractivity contribution in [1.82, 2.24) is 14.6 Å². The predicted molar refractivity (Wildman–Crippen MR) is 83.7 cm³/mol. The molecule has 20 heavy (non-hydrogen) atoms. The van der Waals surface area contributed by atoms with Gasteiger partial charge in [0.15, 0.2) is 0 Å². The fraction of sp³-hybridized carbons (Fsp3) is 0.833. The number of halogens is 1. The second kappa shape index (κ2) is 7.51. The molecule has 0 spiro atoms. The maximum absolute atomic E-state index is 11.7. The number of nitrogens with two attached hydrogens (primary N) is 1. The molecule has 0 unspecified atom stereocenters. The van der Waals surface area contributed by atoms with Crippen molar-refractivity contribution >= 4 is 39.8 Å². The van der Waals surface area contributed by atoms with E-state index in [4.69, 9.17) is 5.73 Å². The molecule has 2 rings (SSSR count). The van der Waals surface area contributed by atoms with E-state index in [0.717, 1.165) is 25.0 Å². The van der Waals surface area contributed by atoms with Gasteiger partial charge >= 0.3 is 6.03 Å². The number of unbranched alkanes of at least 4 members (excludes halogenated alkanes) is 1. The Labute approximate surface area is 131 Å². The Kier molecular flexibility index (Phi) is 5.98. The molecule has 2 heterocycles. The molecular weight excluding hydrogens is 344 g/mol. The Balaban J connectivity index is 1.62. The second-order valence-electron chi connectivity index (χ2n) is 5.14. The fourth-order valence-electron chi connectivity index (χ4n) is 2.62. The van der Waals surface area contributed by atoms with Crippen molar-refractivity contribution in [1.29, 1.82) is 0 Å². The molecule has 0 aromatic rings. The van der Waals surface area contributed by atoms with Gasteiger partial charge in [0.1, 0.15) is 0 Å². The van der Waals surface area contributed by atoms with Crippen molar-refractivity contribution in [2.45, 2.75) is 43.0 Å². The minimum atomic E-state index is -0.0443. The zero-order chi connectivity index (χ0) is 14.5. The molecule has 0 radical (unpaired) electrons. The monoisotopic (exact) mass is 364 g/mol. The summed E-state index contributed by atoms with van der Waals surface area (Å²) in [6, 6.07) is 0.493. The molecule has 6 nitrogen and oxygen atoms in total. The van der Waals surface area contributed by atoms with Gasteiger partial charge in [-0.1, -0.05) is 6.42 Å². The molecule has 2 saturated heterocycles. The van der Waals surface area contributed by atoms with Crippen LogP contribution in [0.15, 0.2) is 0 Å². The van der Waals surface area contributed by atoms with Gasteiger partial charge in [-0.3, -0.25) is 8.72 Å². The van der Waals surface area contributed by atoms with Crippen LogP contribution in [0, 0.1) is 0 Å². The fourth-order valence-corrected chi connectivity index (χ4v) is 4.55. The number of hydrogen-bond acceptors (Lipinski definition) is 4. The second-order valence-corrected chi connectivity index (χ2v) is 7.26. The molecule has 0 aromatic heterocycles. The third kappa shape index (κ3) is 4.02. The molecule has 2 aliphatic heterocycles. The summed E-state index contributed by atoms with van der Waals surface area (Å²) in [5, 5.41) is 6.39. The number of nitrogens with zero attached hydrogens (tertiary/aromatic N) is 1. The number of amides is 3. The van der Waals surface area contributed by atoms with E-state index < -0.39 is 0 Å². The van der Waals surface area contributed by atoms with Crippen LogP contribution in [0.2, 0.25) is 0 Å². The number of carbonyl (C=O) groups is 2. The van der Waals surface area contributed by atoms with Gasteiger partial charge in [0, 0.05) is 30.5 Å². The Morgan fingerprint density at radius 2 is 2.25 bits per heavy atom. The normalized spacial score (nSPS) is 27.9. The standard InChI is InChI=1S/C12H21BrN4O2S/c13-17(6-5-14)10(18)4-2-1-3-9-11-8(7-20-9)15-12(19)16-11/h8-9,11H,1-7,14H2,(H2,15,16,19)/t8-,9-,11-/m0/s1. The van der Waals surface area contributed by atoms with E-state index in [0.29, 0.717) is 24.8 Å². The quantitative estimate of drug-likeness (QED) is 0.354. The molecule has 8 heteroatoms. The van der Waals surface area contributed by atoms with Crippen molar-refractivity contribution in [2.75, 3.05) is 18.8 Å². The summed E-state index contributed by atoms with van der Waals surface area (Å²) in [6.45, 7) is 1.00.